The normalized spacial score (nSPS) is 11.2. The van der Waals surface area contributed by atoms with Gasteiger partial charge in [0.15, 0.2) is 6.61 Å². The third kappa shape index (κ3) is 4.29. The van der Waals surface area contributed by atoms with Gasteiger partial charge in [0.2, 0.25) is 0 Å². The smallest absolute Gasteiger partial charge is 0.422 e. The first kappa shape index (κ1) is 11.3. The molecule has 0 aliphatic heterocycles. The molecule has 2 N–H and O–H groups in total. The molecule has 1 amide bonds. The van der Waals surface area contributed by atoms with Gasteiger partial charge in [-0.25, -0.2) is 4.79 Å². The fourth-order valence-corrected chi connectivity index (χ4v) is 0.673. The van der Waals surface area contributed by atoms with Crippen molar-refractivity contribution in [2.45, 2.75) is 13.1 Å². The van der Waals surface area contributed by atoms with Gasteiger partial charge in [-0.3, -0.25) is 10.4 Å². The van der Waals surface area contributed by atoms with Crippen LogP contribution in [0.1, 0.15) is 5.82 Å². The number of nitrogens with one attached hydrogen (secondary N) is 2. The number of aromatic nitrogens is 3. The summed E-state index contributed by atoms with van der Waals surface area (Å²) in [5, 5.41) is 7.78. The van der Waals surface area contributed by atoms with Crippen LogP contribution in [-0.4, -0.2) is 34.1 Å². The highest BCUT2D eigenvalue weighted by Crippen LogP contribution is 2.14. The Hall–Kier alpha value is -1.80. The third-order valence-corrected chi connectivity index (χ3v) is 1.18. The molecule has 6 nitrogen and oxygen atoms in total. The summed E-state index contributed by atoms with van der Waals surface area (Å²) in [4.78, 5) is 14.4. The van der Waals surface area contributed by atoms with Gasteiger partial charge in [-0.2, -0.15) is 18.2 Å². The van der Waals surface area contributed by atoms with Crippen molar-refractivity contribution in [2.24, 2.45) is 0 Å². The zero-order chi connectivity index (χ0) is 11.5. The maximum absolute atomic E-state index is 11.6. The Morgan fingerprint density at radius 3 is 2.73 bits per heavy atom. The number of aromatic amines is 1. The van der Waals surface area contributed by atoms with Gasteiger partial charge in [0.25, 0.3) is 5.95 Å². The number of nitrogens with zero attached hydrogens (tertiary/aromatic N) is 2. The second kappa shape index (κ2) is 4.15. The van der Waals surface area contributed by atoms with Crippen molar-refractivity contribution < 1.29 is 22.7 Å². The largest absolute Gasteiger partial charge is 0.440 e. The van der Waals surface area contributed by atoms with Gasteiger partial charge in [0, 0.05) is 0 Å². The fourth-order valence-electron chi connectivity index (χ4n) is 0.673. The number of alkyl halides is 3. The molecule has 0 aliphatic carbocycles. The lowest BCUT2D eigenvalue weighted by Gasteiger charge is -2.06. The quantitative estimate of drug-likeness (QED) is 0.791. The van der Waals surface area contributed by atoms with Crippen LogP contribution in [0.25, 0.3) is 0 Å². The van der Waals surface area contributed by atoms with E-state index in [1.54, 1.807) is 6.92 Å². The molecule has 0 bridgehead atoms. The van der Waals surface area contributed by atoms with Crippen molar-refractivity contribution in [3.8, 4) is 0 Å². The Labute approximate surface area is 81.8 Å². The molecule has 1 heterocycles. The van der Waals surface area contributed by atoms with E-state index in [1.165, 1.54) is 0 Å². The zero-order valence-corrected chi connectivity index (χ0v) is 7.55. The van der Waals surface area contributed by atoms with Crippen LogP contribution >= 0.6 is 0 Å². The molecule has 1 rings (SSSR count). The van der Waals surface area contributed by atoms with Gasteiger partial charge < -0.3 is 4.74 Å². The van der Waals surface area contributed by atoms with Crippen molar-refractivity contribution in [1.82, 2.24) is 15.2 Å². The molecule has 1 aromatic heterocycles. The summed E-state index contributed by atoms with van der Waals surface area (Å²) < 4.78 is 38.7. The topological polar surface area (TPSA) is 79.9 Å². The minimum atomic E-state index is -4.55. The third-order valence-electron chi connectivity index (χ3n) is 1.18. The first-order chi connectivity index (χ1) is 6.87. The fraction of sp³-hybridized carbons (Fsp3) is 0.500. The monoisotopic (exact) mass is 224 g/mol. The lowest BCUT2D eigenvalue weighted by molar-refractivity contribution is -0.159. The molecule has 0 saturated carbocycles. The number of carbonyl (C=O) groups excluding carboxylic acids is 1. The number of aryl methyl sites for hydroxylation is 1. The van der Waals surface area contributed by atoms with E-state index in [4.69, 9.17) is 0 Å². The van der Waals surface area contributed by atoms with Crippen LogP contribution < -0.4 is 5.32 Å². The summed E-state index contributed by atoms with van der Waals surface area (Å²) in [6.45, 7) is -0.0819. The molecule has 9 heteroatoms. The molecule has 0 saturated heterocycles. The lowest BCUT2D eigenvalue weighted by atomic mass is 10.7. The van der Waals surface area contributed by atoms with E-state index in [-0.39, 0.29) is 5.95 Å². The number of carbonyl (C=O) groups is 1. The summed E-state index contributed by atoms with van der Waals surface area (Å²) in [5.74, 6) is 0.279. The Morgan fingerprint density at radius 1 is 1.60 bits per heavy atom. The predicted molar refractivity (Wildman–Crippen MR) is 42.1 cm³/mol. The van der Waals surface area contributed by atoms with Crippen molar-refractivity contribution in [3.63, 3.8) is 0 Å². The molecule has 0 unspecified atom stereocenters. The highest BCUT2D eigenvalue weighted by Gasteiger charge is 2.29. The number of hydrogen-bond acceptors (Lipinski definition) is 4. The van der Waals surface area contributed by atoms with E-state index < -0.39 is 18.9 Å². The molecular weight excluding hydrogens is 217 g/mol. The van der Waals surface area contributed by atoms with Crippen LogP contribution in [-0.2, 0) is 4.74 Å². The van der Waals surface area contributed by atoms with Gasteiger partial charge in [-0.1, -0.05) is 0 Å². The summed E-state index contributed by atoms with van der Waals surface area (Å²) in [6, 6.07) is 0. The highest BCUT2D eigenvalue weighted by atomic mass is 19.4. The number of H-pyrrole nitrogens is 1. The molecule has 0 fully saturated rings. The van der Waals surface area contributed by atoms with Crippen molar-refractivity contribution in [3.05, 3.63) is 5.82 Å². The van der Waals surface area contributed by atoms with Crippen LogP contribution in [0.2, 0.25) is 0 Å². The molecule has 15 heavy (non-hydrogen) atoms. The molecule has 1 aromatic rings. The SMILES string of the molecule is Cc1nc(NC(=O)OCC(F)(F)F)n[nH]1. The van der Waals surface area contributed by atoms with Crippen molar-refractivity contribution in [1.29, 1.82) is 0 Å². The lowest BCUT2D eigenvalue weighted by Crippen LogP contribution is -2.23. The van der Waals surface area contributed by atoms with E-state index in [9.17, 15) is 18.0 Å². The van der Waals surface area contributed by atoms with Crippen LogP contribution in [0.3, 0.4) is 0 Å². The molecule has 84 valence electrons. The van der Waals surface area contributed by atoms with Crippen LogP contribution in [0, 0.1) is 6.92 Å². The van der Waals surface area contributed by atoms with Crippen LogP contribution in [0.5, 0.6) is 0 Å². The summed E-state index contributed by atoms with van der Waals surface area (Å²) in [5.41, 5.74) is 0. The zero-order valence-electron chi connectivity index (χ0n) is 7.55. The molecule has 0 atom stereocenters. The summed E-state index contributed by atoms with van der Waals surface area (Å²) in [7, 11) is 0. The van der Waals surface area contributed by atoms with Gasteiger partial charge in [-0.15, -0.1) is 5.10 Å². The Balaban J connectivity index is 2.37. The van der Waals surface area contributed by atoms with Crippen LogP contribution in [0.4, 0.5) is 23.9 Å². The van der Waals surface area contributed by atoms with Gasteiger partial charge >= 0.3 is 12.3 Å². The summed E-state index contributed by atoms with van der Waals surface area (Å²) in [6.07, 6.45) is -5.81. The number of hydrogen-bond donors (Lipinski definition) is 2. The number of anilines is 1. The van der Waals surface area contributed by atoms with Crippen molar-refractivity contribution >= 4 is 12.0 Å². The molecule has 0 spiro atoms. The van der Waals surface area contributed by atoms with E-state index in [0.29, 0.717) is 5.82 Å². The molecular formula is C6H7F3N4O2. The van der Waals surface area contributed by atoms with Gasteiger partial charge in [0.1, 0.15) is 5.82 Å². The number of ether oxygens (including phenoxy) is 1. The number of halogens is 3. The summed E-state index contributed by atoms with van der Waals surface area (Å²) >= 11 is 0. The van der Waals surface area contributed by atoms with E-state index >= 15 is 0 Å². The van der Waals surface area contributed by atoms with Gasteiger partial charge in [0.05, 0.1) is 0 Å². The first-order valence-electron chi connectivity index (χ1n) is 3.76. The Bertz CT molecular complexity index is 348. The maximum atomic E-state index is 11.6. The second-order valence-electron chi connectivity index (χ2n) is 2.56. The van der Waals surface area contributed by atoms with Crippen LogP contribution in [0.15, 0.2) is 0 Å². The van der Waals surface area contributed by atoms with E-state index in [1.807, 2.05) is 5.32 Å². The highest BCUT2D eigenvalue weighted by molar-refractivity contribution is 5.82. The number of rotatable bonds is 2. The average molecular weight is 224 g/mol. The maximum Gasteiger partial charge on any atom is 0.422 e. The molecule has 0 radical (unpaired) electrons. The van der Waals surface area contributed by atoms with Crippen molar-refractivity contribution in [2.75, 3.05) is 11.9 Å². The minimum Gasteiger partial charge on any atom is -0.440 e. The number of amides is 1. The van der Waals surface area contributed by atoms with E-state index in [2.05, 4.69) is 19.9 Å². The standard InChI is InChI=1S/C6H7F3N4O2/c1-3-10-4(13-12-3)11-5(14)15-2-6(7,8)9/h2H2,1H3,(H2,10,11,12,13,14). The molecule has 0 aliphatic rings. The first-order valence-corrected chi connectivity index (χ1v) is 3.76. The molecule has 0 aromatic carbocycles. The Kier molecular flexibility index (Phi) is 3.12. The minimum absolute atomic E-state index is 0.139. The van der Waals surface area contributed by atoms with E-state index in [0.717, 1.165) is 0 Å². The predicted octanol–water partition coefficient (Wildman–Crippen LogP) is 1.22. The second-order valence-corrected chi connectivity index (χ2v) is 2.56. The Morgan fingerprint density at radius 2 is 2.27 bits per heavy atom. The average Bonchev–Trinajstić information content (AvgIpc) is 2.47. The van der Waals surface area contributed by atoms with Gasteiger partial charge in [-0.05, 0) is 6.92 Å².